The zero-order valence-corrected chi connectivity index (χ0v) is 10.3. The molecule has 1 atom stereocenters. The Bertz CT molecular complexity index is 218. The zero-order chi connectivity index (χ0) is 12.2. The van der Waals surface area contributed by atoms with Gasteiger partial charge in [0, 0.05) is 13.0 Å². The first kappa shape index (κ1) is 15.2. The van der Waals surface area contributed by atoms with Crippen molar-refractivity contribution in [2.75, 3.05) is 19.0 Å². The van der Waals surface area contributed by atoms with E-state index in [1.807, 2.05) is 6.92 Å². The van der Waals surface area contributed by atoms with E-state index in [2.05, 4.69) is 6.58 Å². The molecule has 0 amide bonds. The lowest BCUT2D eigenvalue weighted by Crippen LogP contribution is -2.11. The molecule has 0 spiro atoms. The van der Waals surface area contributed by atoms with Crippen molar-refractivity contribution in [3.05, 3.63) is 12.7 Å². The maximum absolute atomic E-state index is 11.1. The molecule has 0 bridgehead atoms. The van der Waals surface area contributed by atoms with Gasteiger partial charge in [-0.05, 0) is 19.1 Å². The smallest absolute Gasteiger partial charge is 0.306 e. The van der Waals surface area contributed by atoms with Crippen molar-refractivity contribution in [2.45, 2.75) is 25.2 Å². The van der Waals surface area contributed by atoms with E-state index in [1.54, 1.807) is 0 Å². The van der Waals surface area contributed by atoms with E-state index in [-0.39, 0.29) is 12.6 Å². The quantitative estimate of drug-likeness (QED) is 0.193. The molecule has 0 aromatic heterocycles. The van der Waals surface area contributed by atoms with Gasteiger partial charge in [-0.1, -0.05) is 12.7 Å². The van der Waals surface area contributed by atoms with Crippen LogP contribution in [0.1, 0.15) is 19.8 Å². The first-order chi connectivity index (χ1) is 7.74. The van der Waals surface area contributed by atoms with Gasteiger partial charge in [0.2, 0.25) is 0 Å². The van der Waals surface area contributed by atoms with Crippen LogP contribution in [0, 0.1) is 0 Å². The molecule has 0 rings (SSSR count). The Kier molecular flexibility index (Phi) is 10.2. The van der Waals surface area contributed by atoms with E-state index >= 15 is 0 Å². The summed E-state index contributed by atoms with van der Waals surface area (Å²) in [5.74, 6) is 0.464. The van der Waals surface area contributed by atoms with Crippen LogP contribution in [0.5, 0.6) is 0 Å². The molecule has 0 aromatic rings. The van der Waals surface area contributed by atoms with Crippen LogP contribution >= 0.6 is 11.8 Å². The van der Waals surface area contributed by atoms with Crippen LogP contribution < -0.4 is 0 Å². The van der Waals surface area contributed by atoms with Crippen LogP contribution in [-0.4, -0.2) is 36.7 Å². The van der Waals surface area contributed by atoms with E-state index in [9.17, 15) is 9.59 Å². The lowest BCUT2D eigenvalue weighted by atomic mass is 10.3. The van der Waals surface area contributed by atoms with Crippen LogP contribution in [0.15, 0.2) is 12.7 Å². The van der Waals surface area contributed by atoms with Crippen molar-refractivity contribution in [3.63, 3.8) is 0 Å². The maximum atomic E-state index is 11.1. The van der Waals surface area contributed by atoms with E-state index in [0.717, 1.165) is 6.29 Å². The summed E-state index contributed by atoms with van der Waals surface area (Å²) in [6, 6.07) is 0. The molecule has 0 N–H and O–H groups in total. The molecule has 0 saturated heterocycles. The Morgan fingerprint density at radius 3 is 2.88 bits per heavy atom. The Hall–Kier alpha value is -0.810. The molecule has 0 radical (unpaired) electrons. The Morgan fingerprint density at radius 2 is 2.31 bits per heavy atom. The van der Waals surface area contributed by atoms with Gasteiger partial charge in [0.25, 0.3) is 0 Å². The highest BCUT2D eigenvalue weighted by atomic mass is 32.2. The summed E-state index contributed by atoms with van der Waals surface area (Å²) in [6.45, 7) is 6.05. The normalized spacial score (nSPS) is 11.8. The molecular formula is C11H18O4S. The van der Waals surface area contributed by atoms with Crippen molar-refractivity contribution < 1.29 is 19.1 Å². The van der Waals surface area contributed by atoms with Gasteiger partial charge in [0.1, 0.15) is 6.61 Å². The first-order valence-electron chi connectivity index (χ1n) is 5.19. The third kappa shape index (κ3) is 8.49. The summed E-state index contributed by atoms with van der Waals surface area (Å²) in [5.41, 5.74) is -0.422. The molecule has 4 nitrogen and oxygen atoms in total. The lowest BCUT2D eigenvalue weighted by Gasteiger charge is -2.09. The minimum absolute atomic E-state index is 0.237. The predicted octanol–water partition coefficient (Wildman–Crippen LogP) is 1.79. The summed E-state index contributed by atoms with van der Waals surface area (Å²) < 4.78 is 9.93. The fraction of sp³-hybridized carbons (Fsp3) is 0.636. The fourth-order valence-electron chi connectivity index (χ4n) is 0.931. The molecule has 0 aliphatic heterocycles. The second-order valence-electron chi connectivity index (χ2n) is 2.91. The second kappa shape index (κ2) is 10.7. The number of carbonyl (C=O) groups excluding carboxylic acids is 2. The van der Waals surface area contributed by atoms with Gasteiger partial charge in [-0.25, -0.2) is 0 Å². The lowest BCUT2D eigenvalue weighted by molar-refractivity contribution is -0.142. The Labute approximate surface area is 100 Å². The van der Waals surface area contributed by atoms with Crippen LogP contribution in [0.25, 0.3) is 0 Å². The van der Waals surface area contributed by atoms with Crippen molar-refractivity contribution in [1.82, 2.24) is 0 Å². The van der Waals surface area contributed by atoms with E-state index < -0.39 is 5.44 Å². The minimum Gasteiger partial charge on any atom is -0.461 e. The average molecular weight is 246 g/mol. The van der Waals surface area contributed by atoms with E-state index in [1.165, 1.54) is 17.8 Å². The number of esters is 1. The maximum Gasteiger partial charge on any atom is 0.306 e. The third-order valence-corrected chi connectivity index (χ3v) is 2.71. The number of ether oxygens (including phenoxy) is 2. The molecule has 0 aromatic carbocycles. The van der Waals surface area contributed by atoms with Crippen LogP contribution in [0.3, 0.4) is 0 Å². The minimum atomic E-state index is -0.422. The van der Waals surface area contributed by atoms with E-state index in [4.69, 9.17) is 9.47 Å². The Morgan fingerprint density at radius 1 is 1.56 bits per heavy atom. The van der Waals surface area contributed by atoms with Crippen LogP contribution in [0.2, 0.25) is 0 Å². The van der Waals surface area contributed by atoms with Crippen molar-refractivity contribution >= 4 is 24.0 Å². The zero-order valence-electron chi connectivity index (χ0n) is 9.52. The third-order valence-electron chi connectivity index (χ3n) is 1.61. The number of carbonyl (C=O) groups is 2. The number of hydrogen-bond acceptors (Lipinski definition) is 5. The van der Waals surface area contributed by atoms with E-state index in [0.29, 0.717) is 25.2 Å². The van der Waals surface area contributed by atoms with Gasteiger partial charge >= 0.3 is 5.97 Å². The summed E-state index contributed by atoms with van der Waals surface area (Å²) in [5, 5.41) is 0. The summed E-state index contributed by atoms with van der Waals surface area (Å²) in [6.07, 6.45) is 3.34. The number of thioether (sulfide) groups is 1. The summed E-state index contributed by atoms with van der Waals surface area (Å²) in [7, 11) is 0. The number of hydrogen-bond donors (Lipinski definition) is 0. The van der Waals surface area contributed by atoms with Crippen molar-refractivity contribution in [1.29, 1.82) is 0 Å². The standard InChI is InChI=1S/C11H18O4S/c1-3-7-15-10(13)6-5-8-16-11(9-12)14-4-2/h3,9,11H,1,4-8H2,2H3. The van der Waals surface area contributed by atoms with Gasteiger partial charge in [-0.2, -0.15) is 0 Å². The topological polar surface area (TPSA) is 52.6 Å². The summed E-state index contributed by atoms with van der Waals surface area (Å²) in [4.78, 5) is 21.6. The molecule has 0 heterocycles. The molecule has 0 fully saturated rings. The number of aldehydes is 1. The molecule has 16 heavy (non-hydrogen) atoms. The van der Waals surface area contributed by atoms with Gasteiger partial charge in [-0.15, -0.1) is 11.8 Å². The monoisotopic (exact) mass is 246 g/mol. The van der Waals surface area contributed by atoms with Gasteiger partial charge in [-0.3, -0.25) is 9.59 Å². The molecule has 1 unspecified atom stereocenters. The Balaban J connectivity index is 3.46. The second-order valence-corrected chi connectivity index (χ2v) is 4.11. The SMILES string of the molecule is C=CCOC(=O)CCCSC(C=O)OCC. The molecular weight excluding hydrogens is 228 g/mol. The fourth-order valence-corrected chi connectivity index (χ4v) is 1.79. The highest BCUT2D eigenvalue weighted by Crippen LogP contribution is 2.12. The molecule has 0 aliphatic rings. The highest BCUT2D eigenvalue weighted by Gasteiger charge is 2.07. The van der Waals surface area contributed by atoms with Gasteiger partial charge in [0.15, 0.2) is 11.7 Å². The average Bonchev–Trinajstić information content (AvgIpc) is 2.30. The summed E-state index contributed by atoms with van der Waals surface area (Å²) >= 11 is 1.39. The van der Waals surface area contributed by atoms with Gasteiger partial charge < -0.3 is 9.47 Å². The molecule has 92 valence electrons. The predicted molar refractivity (Wildman–Crippen MR) is 64.3 cm³/mol. The molecule has 0 aliphatic carbocycles. The van der Waals surface area contributed by atoms with Crippen molar-refractivity contribution in [2.24, 2.45) is 0 Å². The van der Waals surface area contributed by atoms with Crippen LogP contribution in [0.4, 0.5) is 0 Å². The molecule has 5 heteroatoms. The van der Waals surface area contributed by atoms with Crippen LogP contribution in [-0.2, 0) is 19.1 Å². The van der Waals surface area contributed by atoms with Crippen molar-refractivity contribution in [3.8, 4) is 0 Å². The highest BCUT2D eigenvalue weighted by molar-refractivity contribution is 8.00. The largest absolute Gasteiger partial charge is 0.461 e. The van der Waals surface area contributed by atoms with Gasteiger partial charge in [0.05, 0.1) is 0 Å². The molecule has 0 saturated carbocycles. The number of rotatable bonds is 10. The first-order valence-corrected chi connectivity index (χ1v) is 6.24.